The first-order chi connectivity index (χ1) is 17.5. The maximum absolute atomic E-state index is 13.8. The molecular weight excluding hydrogens is 497 g/mol. The summed E-state index contributed by atoms with van der Waals surface area (Å²) in [4.78, 5) is 18.6. The number of carbonyl (C=O) groups is 1. The highest BCUT2D eigenvalue weighted by atomic mass is 35.5. The molecule has 1 N–H and O–H groups in total. The molecule has 1 aromatic heterocycles. The summed E-state index contributed by atoms with van der Waals surface area (Å²) in [6, 6.07) is 18.7. The van der Waals surface area contributed by atoms with E-state index in [9.17, 15) is 18.0 Å². The van der Waals surface area contributed by atoms with Gasteiger partial charge in [-0.3, -0.25) is 4.79 Å². The third-order valence-corrected chi connectivity index (χ3v) is 7.28. The number of aromatic nitrogens is 1. The number of benzene rings is 3. The molecule has 194 valence electrons. The van der Waals surface area contributed by atoms with Gasteiger partial charge in [0.05, 0.1) is 16.6 Å². The number of H-pyrrole nitrogens is 1. The molecule has 0 unspecified atom stereocenters. The first-order valence-electron chi connectivity index (χ1n) is 12.3. The molecular formula is C30H30ClF3N2O. The van der Waals surface area contributed by atoms with Gasteiger partial charge in [0.1, 0.15) is 0 Å². The summed E-state index contributed by atoms with van der Waals surface area (Å²) >= 11 is 6.31. The van der Waals surface area contributed by atoms with Gasteiger partial charge in [-0.15, -0.1) is 0 Å². The van der Waals surface area contributed by atoms with Crippen molar-refractivity contribution < 1.29 is 18.0 Å². The van der Waals surface area contributed by atoms with Crippen molar-refractivity contribution in [2.45, 2.75) is 51.7 Å². The second kappa shape index (κ2) is 10.6. The first kappa shape index (κ1) is 26.8. The molecule has 1 heterocycles. The summed E-state index contributed by atoms with van der Waals surface area (Å²) in [7, 11) is 0. The highest BCUT2D eigenvalue weighted by molar-refractivity contribution is 6.32. The summed E-state index contributed by atoms with van der Waals surface area (Å²) < 4.78 is 39.7. The van der Waals surface area contributed by atoms with Crippen LogP contribution in [0, 0.1) is 0 Å². The minimum absolute atomic E-state index is 0.0392. The Kier molecular flexibility index (Phi) is 7.69. The standard InChI is InChI=1S/C30H30ClF3N2O/c1-4-29(2,3)23-10-8-21(9-11-23)19-36(15-13-20-6-5-7-24(16-20)30(32,33)34)28(37)26-18-25(31)17-22-12-14-35-27(22)26/h5-12,14,16-18,35H,4,13,15,19H2,1-3H3. The number of carbonyl (C=O) groups excluding carboxylic acids is 1. The molecule has 0 saturated carbocycles. The topological polar surface area (TPSA) is 36.1 Å². The van der Waals surface area contributed by atoms with Crippen LogP contribution in [0.3, 0.4) is 0 Å². The number of rotatable bonds is 8. The molecule has 4 rings (SSSR count). The summed E-state index contributed by atoms with van der Waals surface area (Å²) in [5.74, 6) is -0.236. The third kappa shape index (κ3) is 6.19. The van der Waals surface area contributed by atoms with Gasteiger partial charge in [0.15, 0.2) is 0 Å². The van der Waals surface area contributed by atoms with Gasteiger partial charge in [-0.2, -0.15) is 13.2 Å². The van der Waals surface area contributed by atoms with Crippen molar-refractivity contribution >= 4 is 28.4 Å². The van der Waals surface area contributed by atoms with Gasteiger partial charge in [0, 0.05) is 29.7 Å². The Morgan fingerprint density at radius 1 is 0.946 bits per heavy atom. The van der Waals surface area contributed by atoms with Crippen molar-refractivity contribution in [2.75, 3.05) is 6.54 Å². The minimum atomic E-state index is -4.42. The predicted octanol–water partition coefficient (Wildman–Crippen LogP) is 8.41. The maximum Gasteiger partial charge on any atom is 0.416 e. The number of nitrogens with zero attached hydrogens (tertiary/aromatic N) is 1. The number of alkyl halides is 3. The van der Waals surface area contributed by atoms with Gasteiger partial charge < -0.3 is 9.88 Å². The summed E-state index contributed by atoms with van der Waals surface area (Å²) in [5, 5.41) is 1.26. The smallest absolute Gasteiger partial charge is 0.361 e. The molecule has 0 spiro atoms. The molecule has 3 aromatic carbocycles. The number of halogens is 4. The number of amides is 1. The van der Waals surface area contributed by atoms with Gasteiger partial charge in [-0.05, 0) is 59.2 Å². The molecule has 1 amide bonds. The van der Waals surface area contributed by atoms with E-state index in [1.165, 1.54) is 11.6 Å². The molecule has 0 atom stereocenters. The zero-order valence-electron chi connectivity index (χ0n) is 21.1. The monoisotopic (exact) mass is 526 g/mol. The summed E-state index contributed by atoms with van der Waals surface area (Å²) in [6.07, 6.45) is -1.39. The van der Waals surface area contributed by atoms with E-state index in [0.29, 0.717) is 28.2 Å². The van der Waals surface area contributed by atoms with Crippen molar-refractivity contribution in [3.05, 3.63) is 106 Å². The van der Waals surface area contributed by atoms with E-state index >= 15 is 0 Å². The molecule has 0 fully saturated rings. The molecule has 4 aromatic rings. The summed E-state index contributed by atoms with van der Waals surface area (Å²) in [6.45, 7) is 7.09. The highest BCUT2D eigenvalue weighted by Crippen LogP contribution is 2.30. The maximum atomic E-state index is 13.8. The van der Waals surface area contributed by atoms with Crippen LogP contribution in [-0.4, -0.2) is 22.3 Å². The molecule has 0 radical (unpaired) electrons. The van der Waals surface area contributed by atoms with Crippen LogP contribution in [0.5, 0.6) is 0 Å². The Morgan fingerprint density at radius 3 is 2.35 bits per heavy atom. The molecule has 7 heteroatoms. The van der Waals surface area contributed by atoms with E-state index in [2.05, 4.69) is 37.9 Å². The zero-order chi connectivity index (χ0) is 26.8. The average Bonchev–Trinajstić information content (AvgIpc) is 3.34. The normalized spacial score (nSPS) is 12.2. The quantitative estimate of drug-likeness (QED) is 0.246. The lowest BCUT2D eigenvalue weighted by Gasteiger charge is -2.26. The van der Waals surface area contributed by atoms with E-state index in [4.69, 9.17) is 11.6 Å². The van der Waals surface area contributed by atoms with E-state index in [1.807, 2.05) is 18.2 Å². The number of nitrogens with one attached hydrogen (secondary N) is 1. The van der Waals surface area contributed by atoms with Crippen LogP contribution >= 0.6 is 11.6 Å². The average molecular weight is 527 g/mol. The number of aromatic amines is 1. The van der Waals surface area contributed by atoms with E-state index in [1.54, 1.807) is 29.3 Å². The van der Waals surface area contributed by atoms with Crippen molar-refractivity contribution in [1.82, 2.24) is 9.88 Å². The molecule has 0 aliphatic heterocycles. The lowest BCUT2D eigenvalue weighted by Crippen LogP contribution is -2.33. The molecule has 0 aliphatic rings. The number of fused-ring (bicyclic) bond motifs is 1. The number of hydrogen-bond donors (Lipinski definition) is 1. The highest BCUT2D eigenvalue weighted by Gasteiger charge is 2.30. The Hall–Kier alpha value is -3.25. The van der Waals surface area contributed by atoms with Crippen LogP contribution < -0.4 is 0 Å². The van der Waals surface area contributed by atoms with Crippen LogP contribution in [0.2, 0.25) is 5.02 Å². The fraction of sp³-hybridized carbons (Fsp3) is 0.300. The molecule has 0 bridgehead atoms. The molecule has 37 heavy (non-hydrogen) atoms. The van der Waals surface area contributed by atoms with E-state index in [-0.39, 0.29) is 24.3 Å². The minimum Gasteiger partial charge on any atom is -0.361 e. The van der Waals surface area contributed by atoms with Gasteiger partial charge in [-0.25, -0.2) is 0 Å². The van der Waals surface area contributed by atoms with Crippen LogP contribution in [0.4, 0.5) is 13.2 Å². The summed E-state index contributed by atoms with van der Waals surface area (Å²) in [5.41, 5.74) is 3.13. The Labute approximate surface area is 220 Å². The molecule has 3 nitrogen and oxygen atoms in total. The fourth-order valence-corrected chi connectivity index (χ4v) is 4.61. The predicted molar refractivity (Wildman–Crippen MR) is 143 cm³/mol. The second-order valence-corrected chi connectivity index (χ2v) is 10.4. The Morgan fingerprint density at radius 2 is 1.68 bits per heavy atom. The lowest BCUT2D eigenvalue weighted by molar-refractivity contribution is -0.137. The van der Waals surface area contributed by atoms with Crippen molar-refractivity contribution in [2.24, 2.45) is 0 Å². The van der Waals surface area contributed by atoms with Crippen molar-refractivity contribution in [3.8, 4) is 0 Å². The Bertz CT molecular complexity index is 1390. The van der Waals surface area contributed by atoms with Crippen molar-refractivity contribution in [3.63, 3.8) is 0 Å². The van der Waals surface area contributed by atoms with Crippen LogP contribution in [0.1, 0.15) is 59.8 Å². The van der Waals surface area contributed by atoms with Gasteiger partial charge >= 0.3 is 6.18 Å². The lowest BCUT2D eigenvalue weighted by atomic mass is 9.82. The second-order valence-electron chi connectivity index (χ2n) is 10.0. The van der Waals surface area contributed by atoms with Crippen LogP contribution in [0.15, 0.2) is 72.9 Å². The zero-order valence-corrected chi connectivity index (χ0v) is 21.9. The SMILES string of the molecule is CCC(C)(C)c1ccc(CN(CCc2cccc(C(F)(F)F)c2)C(=O)c2cc(Cl)cc3cc[nH]c23)cc1. The largest absolute Gasteiger partial charge is 0.416 e. The van der Waals surface area contributed by atoms with Gasteiger partial charge in [0.25, 0.3) is 5.91 Å². The molecule has 0 aliphatic carbocycles. The van der Waals surface area contributed by atoms with Crippen LogP contribution in [-0.2, 0) is 24.6 Å². The van der Waals surface area contributed by atoms with Crippen LogP contribution in [0.25, 0.3) is 10.9 Å². The Balaban J connectivity index is 1.64. The van der Waals surface area contributed by atoms with E-state index < -0.39 is 11.7 Å². The number of hydrogen-bond acceptors (Lipinski definition) is 1. The van der Waals surface area contributed by atoms with Gasteiger partial charge in [0.2, 0.25) is 0 Å². The van der Waals surface area contributed by atoms with Gasteiger partial charge in [-0.1, -0.05) is 74.8 Å². The fourth-order valence-electron chi connectivity index (χ4n) is 4.38. The third-order valence-electron chi connectivity index (χ3n) is 7.06. The molecule has 0 saturated heterocycles. The van der Waals surface area contributed by atoms with Crippen molar-refractivity contribution in [1.29, 1.82) is 0 Å². The van der Waals surface area contributed by atoms with E-state index in [0.717, 1.165) is 29.5 Å². The first-order valence-corrected chi connectivity index (χ1v) is 12.7.